The predicted molar refractivity (Wildman–Crippen MR) is 51.7 cm³/mol. The minimum Gasteiger partial charge on any atom is -0.624 e. The van der Waals surface area contributed by atoms with E-state index in [9.17, 15) is 5.21 Å². The average Bonchev–Trinajstić information content (AvgIpc) is 2.23. The molecule has 0 aromatic carbocycles. The summed E-state index contributed by atoms with van der Waals surface area (Å²) in [4.78, 5) is 0. The molecule has 0 aromatic rings. The van der Waals surface area contributed by atoms with Gasteiger partial charge in [-0.15, -0.1) is 0 Å². The van der Waals surface area contributed by atoms with Crippen LogP contribution in [0.2, 0.25) is 0 Å². The summed E-state index contributed by atoms with van der Waals surface area (Å²) in [5, 5.41) is 11.9. The molecule has 0 saturated heterocycles. The first-order valence-electron chi connectivity index (χ1n) is 5.54. The zero-order valence-corrected chi connectivity index (χ0v) is 8.20. The van der Waals surface area contributed by atoms with E-state index < -0.39 is 0 Å². The Morgan fingerprint density at radius 2 is 1.69 bits per heavy atom. The molecule has 4 rings (SSSR count). The standard InChI is InChI=1S/C11H17NO/c1-7-10-3-8-2-9(4-10)6-11(5-8)12(7)13/h8-11H,2-6H2,1H3/t8-,9+,10?,11?. The van der Waals surface area contributed by atoms with Gasteiger partial charge in [-0.3, -0.25) is 0 Å². The zero-order chi connectivity index (χ0) is 9.00. The summed E-state index contributed by atoms with van der Waals surface area (Å²) < 4.78 is 1.35. The van der Waals surface area contributed by atoms with Crippen LogP contribution in [0.3, 0.4) is 0 Å². The monoisotopic (exact) mass is 179 g/mol. The zero-order valence-electron chi connectivity index (χ0n) is 8.20. The maximum Gasteiger partial charge on any atom is 0.163 e. The summed E-state index contributed by atoms with van der Waals surface area (Å²) >= 11 is 0. The molecule has 4 aliphatic rings. The molecule has 2 fully saturated rings. The summed E-state index contributed by atoms with van der Waals surface area (Å²) in [7, 11) is 0. The van der Waals surface area contributed by atoms with Crippen LogP contribution in [0.1, 0.15) is 39.0 Å². The van der Waals surface area contributed by atoms with Crippen LogP contribution in [0.4, 0.5) is 0 Å². The lowest BCUT2D eigenvalue weighted by Gasteiger charge is -2.36. The van der Waals surface area contributed by atoms with Gasteiger partial charge in [-0.1, -0.05) is 0 Å². The van der Waals surface area contributed by atoms with Gasteiger partial charge >= 0.3 is 0 Å². The highest BCUT2D eigenvalue weighted by molar-refractivity contribution is 5.80. The van der Waals surface area contributed by atoms with Gasteiger partial charge in [-0.25, -0.2) is 4.74 Å². The van der Waals surface area contributed by atoms with Gasteiger partial charge in [0.15, 0.2) is 11.8 Å². The molecule has 13 heavy (non-hydrogen) atoms. The van der Waals surface area contributed by atoms with E-state index in [-0.39, 0.29) is 0 Å². The van der Waals surface area contributed by atoms with Crippen LogP contribution in [0.5, 0.6) is 0 Å². The van der Waals surface area contributed by atoms with Crippen molar-refractivity contribution < 1.29 is 4.74 Å². The molecule has 0 radical (unpaired) electrons. The van der Waals surface area contributed by atoms with Crippen LogP contribution in [0.15, 0.2) is 0 Å². The number of hydrogen-bond acceptors (Lipinski definition) is 1. The fourth-order valence-electron chi connectivity index (χ4n) is 3.82. The maximum absolute atomic E-state index is 11.9. The van der Waals surface area contributed by atoms with Crippen molar-refractivity contribution in [2.24, 2.45) is 17.8 Å². The number of nitrogens with zero attached hydrogens (tertiary/aromatic N) is 1. The molecule has 0 spiro atoms. The lowest BCUT2D eigenvalue weighted by atomic mass is 9.67. The van der Waals surface area contributed by atoms with Crippen LogP contribution in [0, 0.1) is 23.0 Å². The van der Waals surface area contributed by atoms with Gasteiger partial charge in [0.1, 0.15) is 0 Å². The van der Waals surface area contributed by atoms with Gasteiger partial charge < -0.3 is 5.21 Å². The number of hydrogen-bond donors (Lipinski definition) is 0. The number of rotatable bonds is 0. The van der Waals surface area contributed by atoms with Gasteiger partial charge in [-0.05, 0) is 31.1 Å². The molecule has 0 N–H and O–H groups in total. The first kappa shape index (κ1) is 7.84. The second-order valence-electron chi connectivity index (χ2n) is 5.23. The fourth-order valence-corrected chi connectivity index (χ4v) is 3.82. The molecular formula is C11H17NO. The summed E-state index contributed by atoms with van der Waals surface area (Å²) in [6, 6.07) is 0.344. The minimum atomic E-state index is 0.344. The Labute approximate surface area is 79.2 Å². The van der Waals surface area contributed by atoms with Gasteiger partial charge in [0.05, 0.1) is 0 Å². The largest absolute Gasteiger partial charge is 0.624 e. The van der Waals surface area contributed by atoms with Crippen LogP contribution >= 0.6 is 0 Å². The smallest absolute Gasteiger partial charge is 0.163 e. The van der Waals surface area contributed by atoms with Crippen LogP contribution < -0.4 is 0 Å². The lowest BCUT2D eigenvalue weighted by molar-refractivity contribution is -0.507. The van der Waals surface area contributed by atoms with Crippen LogP contribution in [-0.4, -0.2) is 16.5 Å². The van der Waals surface area contributed by atoms with Crippen molar-refractivity contribution in [3.05, 3.63) is 5.21 Å². The van der Waals surface area contributed by atoms with Crippen molar-refractivity contribution in [1.82, 2.24) is 0 Å². The second kappa shape index (κ2) is 2.49. The Hall–Kier alpha value is -0.530. The topological polar surface area (TPSA) is 26.1 Å². The molecule has 4 bridgehead atoms. The third kappa shape index (κ3) is 1.04. The summed E-state index contributed by atoms with van der Waals surface area (Å²) in [5.74, 6) is 2.38. The first-order valence-corrected chi connectivity index (χ1v) is 5.54. The van der Waals surface area contributed by atoms with E-state index >= 15 is 0 Å². The van der Waals surface area contributed by atoms with Crippen molar-refractivity contribution in [3.63, 3.8) is 0 Å². The highest BCUT2D eigenvalue weighted by atomic mass is 16.5. The van der Waals surface area contributed by atoms with Crippen molar-refractivity contribution in [1.29, 1.82) is 0 Å². The van der Waals surface area contributed by atoms with Crippen molar-refractivity contribution in [3.8, 4) is 0 Å². The highest BCUT2D eigenvalue weighted by Crippen LogP contribution is 2.46. The molecule has 0 aromatic heterocycles. The highest BCUT2D eigenvalue weighted by Gasteiger charge is 2.45. The van der Waals surface area contributed by atoms with Gasteiger partial charge in [0.25, 0.3) is 0 Å². The molecule has 2 unspecified atom stereocenters. The molecule has 0 amide bonds. The molecule has 2 aliphatic heterocycles. The summed E-state index contributed by atoms with van der Waals surface area (Å²) in [6.07, 6.45) is 6.37. The molecule has 2 aliphatic carbocycles. The molecular weight excluding hydrogens is 162 g/mol. The average molecular weight is 179 g/mol. The van der Waals surface area contributed by atoms with E-state index in [0.29, 0.717) is 12.0 Å². The quantitative estimate of drug-likeness (QED) is 0.413. The van der Waals surface area contributed by atoms with Gasteiger partial charge in [0.2, 0.25) is 0 Å². The first-order chi connectivity index (χ1) is 6.24. The summed E-state index contributed by atoms with van der Waals surface area (Å²) in [6.45, 7) is 2.06. The van der Waals surface area contributed by atoms with E-state index in [0.717, 1.165) is 17.5 Å². The Balaban J connectivity index is 2.03. The maximum atomic E-state index is 11.9. The number of hydroxylamine groups is 1. The summed E-state index contributed by atoms with van der Waals surface area (Å²) in [5.41, 5.74) is 1.13. The SMILES string of the molecule is CC1=[N+]([O-])C2C[C@H]3CC1C[C@@H](C2)C3. The molecule has 2 heteroatoms. The van der Waals surface area contributed by atoms with Crippen molar-refractivity contribution in [2.75, 3.05) is 0 Å². The predicted octanol–water partition coefficient (Wildman–Crippen LogP) is 2.17. The third-order valence-corrected chi connectivity index (χ3v) is 4.38. The Bertz CT molecular complexity index is 233. The van der Waals surface area contributed by atoms with Crippen molar-refractivity contribution in [2.45, 2.75) is 45.1 Å². The van der Waals surface area contributed by atoms with E-state index in [1.165, 1.54) is 36.8 Å². The van der Waals surface area contributed by atoms with E-state index in [4.69, 9.17) is 0 Å². The molecule has 2 nitrogen and oxygen atoms in total. The van der Waals surface area contributed by atoms with Crippen LogP contribution in [-0.2, 0) is 0 Å². The third-order valence-electron chi connectivity index (χ3n) is 4.38. The second-order valence-corrected chi connectivity index (χ2v) is 5.23. The molecule has 2 saturated carbocycles. The minimum absolute atomic E-state index is 0.344. The lowest BCUT2D eigenvalue weighted by Crippen LogP contribution is -2.32. The van der Waals surface area contributed by atoms with Crippen LogP contribution in [0.25, 0.3) is 0 Å². The molecule has 4 atom stereocenters. The van der Waals surface area contributed by atoms with E-state index in [1.54, 1.807) is 0 Å². The Morgan fingerprint density at radius 1 is 1.08 bits per heavy atom. The Morgan fingerprint density at radius 3 is 2.31 bits per heavy atom. The molecule has 72 valence electrons. The molecule has 2 heterocycles. The van der Waals surface area contributed by atoms with Gasteiger partial charge in [0, 0.05) is 25.7 Å². The van der Waals surface area contributed by atoms with Crippen molar-refractivity contribution >= 4 is 5.71 Å². The fraction of sp³-hybridized carbons (Fsp3) is 0.909. The van der Waals surface area contributed by atoms with E-state index in [2.05, 4.69) is 6.92 Å². The van der Waals surface area contributed by atoms with E-state index in [1.807, 2.05) is 0 Å². The normalized spacial score (nSPS) is 48.4. The Kier molecular flexibility index (Phi) is 1.50. The van der Waals surface area contributed by atoms with Gasteiger partial charge in [-0.2, -0.15) is 0 Å².